The highest BCUT2D eigenvalue weighted by Crippen LogP contribution is 2.29. The van der Waals surface area contributed by atoms with Crippen molar-refractivity contribution in [3.05, 3.63) is 53.3 Å². The Labute approximate surface area is 139 Å². The molecular weight excluding hydrogens is 313 g/mol. The molecule has 0 aromatic heterocycles. The van der Waals surface area contributed by atoms with Gasteiger partial charge in [0, 0.05) is 17.5 Å². The highest BCUT2D eigenvalue weighted by atomic mass is 19.1. The summed E-state index contributed by atoms with van der Waals surface area (Å²) in [6.45, 7) is 0.337. The van der Waals surface area contributed by atoms with Gasteiger partial charge in [0.05, 0.1) is 20.8 Å². The van der Waals surface area contributed by atoms with E-state index in [1.54, 1.807) is 24.3 Å². The van der Waals surface area contributed by atoms with E-state index < -0.39 is 0 Å². The van der Waals surface area contributed by atoms with Gasteiger partial charge in [0.15, 0.2) is 11.5 Å². The van der Waals surface area contributed by atoms with Gasteiger partial charge in [-0.1, -0.05) is 0 Å². The van der Waals surface area contributed by atoms with Crippen LogP contribution in [-0.4, -0.2) is 32.8 Å². The number of fused-ring (bicyclic) bond motifs is 1. The second-order valence-electron chi connectivity index (χ2n) is 5.48. The van der Waals surface area contributed by atoms with Crippen LogP contribution in [0.5, 0.6) is 17.2 Å². The summed E-state index contributed by atoms with van der Waals surface area (Å²) in [5.74, 6) is 1.20. The van der Waals surface area contributed by atoms with Gasteiger partial charge in [-0.15, -0.1) is 0 Å². The Morgan fingerprint density at radius 2 is 2.00 bits per heavy atom. The first-order valence-electron chi connectivity index (χ1n) is 7.56. The fourth-order valence-corrected chi connectivity index (χ4v) is 2.69. The standard InChI is InChI=1S/C18H18FNO4/c1-22-16-5-3-11(9-17(16)23-2)18(21)20-10-14-8-12-7-13(19)4-6-15(12)24-14/h3-7,9,14H,8,10H2,1-2H3,(H,20,21)/t14-/m0/s1. The summed E-state index contributed by atoms with van der Waals surface area (Å²) in [6, 6.07) is 9.40. The Kier molecular flexibility index (Phi) is 4.55. The van der Waals surface area contributed by atoms with Crippen molar-refractivity contribution in [2.24, 2.45) is 0 Å². The van der Waals surface area contributed by atoms with Crippen LogP contribution in [0.4, 0.5) is 4.39 Å². The topological polar surface area (TPSA) is 56.8 Å². The monoisotopic (exact) mass is 331 g/mol. The van der Waals surface area contributed by atoms with Crippen molar-refractivity contribution >= 4 is 5.91 Å². The number of rotatable bonds is 5. The van der Waals surface area contributed by atoms with Crippen LogP contribution >= 0.6 is 0 Å². The summed E-state index contributed by atoms with van der Waals surface area (Å²) in [4.78, 5) is 12.3. The van der Waals surface area contributed by atoms with Crippen LogP contribution in [0.2, 0.25) is 0 Å². The summed E-state index contributed by atoms with van der Waals surface area (Å²) in [7, 11) is 3.05. The Morgan fingerprint density at radius 1 is 1.21 bits per heavy atom. The third-order valence-corrected chi connectivity index (χ3v) is 3.90. The lowest BCUT2D eigenvalue weighted by Gasteiger charge is -2.13. The van der Waals surface area contributed by atoms with Crippen LogP contribution in [0.1, 0.15) is 15.9 Å². The predicted octanol–water partition coefficient (Wildman–Crippen LogP) is 2.58. The van der Waals surface area contributed by atoms with Crippen molar-refractivity contribution < 1.29 is 23.4 Å². The fraction of sp³-hybridized carbons (Fsp3) is 0.278. The van der Waals surface area contributed by atoms with E-state index in [-0.39, 0.29) is 17.8 Å². The molecule has 0 spiro atoms. The molecule has 5 nitrogen and oxygen atoms in total. The lowest BCUT2D eigenvalue weighted by molar-refractivity contribution is 0.0933. The maximum atomic E-state index is 13.2. The van der Waals surface area contributed by atoms with Gasteiger partial charge in [-0.05, 0) is 36.4 Å². The zero-order valence-electron chi connectivity index (χ0n) is 13.5. The van der Waals surface area contributed by atoms with Gasteiger partial charge in [0.2, 0.25) is 0 Å². The summed E-state index contributed by atoms with van der Waals surface area (Å²) < 4.78 is 29.3. The van der Waals surface area contributed by atoms with Crippen LogP contribution < -0.4 is 19.5 Å². The molecule has 3 rings (SSSR count). The number of hydrogen-bond acceptors (Lipinski definition) is 4. The third-order valence-electron chi connectivity index (χ3n) is 3.90. The largest absolute Gasteiger partial charge is 0.493 e. The highest BCUT2D eigenvalue weighted by Gasteiger charge is 2.24. The quantitative estimate of drug-likeness (QED) is 0.915. The number of nitrogens with one attached hydrogen (secondary N) is 1. The number of amides is 1. The molecule has 0 saturated heterocycles. The molecule has 2 aromatic carbocycles. The van der Waals surface area contributed by atoms with Crippen molar-refractivity contribution in [3.8, 4) is 17.2 Å². The summed E-state index contributed by atoms with van der Waals surface area (Å²) in [5, 5.41) is 2.83. The van der Waals surface area contributed by atoms with Crippen LogP contribution in [0.25, 0.3) is 0 Å². The lowest BCUT2D eigenvalue weighted by atomic mass is 10.1. The molecule has 0 unspecified atom stereocenters. The number of benzene rings is 2. The average Bonchev–Trinajstić information content (AvgIpc) is 3.00. The second kappa shape index (κ2) is 6.78. The number of hydrogen-bond donors (Lipinski definition) is 1. The molecule has 1 amide bonds. The number of carbonyl (C=O) groups excluding carboxylic acids is 1. The Hall–Kier alpha value is -2.76. The first kappa shape index (κ1) is 16.1. The van der Waals surface area contributed by atoms with Crippen LogP contribution in [-0.2, 0) is 6.42 Å². The molecule has 0 aliphatic carbocycles. The molecule has 1 heterocycles. The first-order chi connectivity index (χ1) is 11.6. The number of ether oxygens (including phenoxy) is 3. The molecule has 126 valence electrons. The Bertz CT molecular complexity index is 763. The van der Waals surface area contributed by atoms with Crippen molar-refractivity contribution in [1.29, 1.82) is 0 Å². The zero-order valence-corrected chi connectivity index (χ0v) is 13.5. The third kappa shape index (κ3) is 3.27. The van der Waals surface area contributed by atoms with Gasteiger partial charge >= 0.3 is 0 Å². The van der Waals surface area contributed by atoms with Gasteiger partial charge in [0.25, 0.3) is 5.91 Å². The van der Waals surface area contributed by atoms with E-state index in [9.17, 15) is 9.18 Å². The molecule has 0 saturated carbocycles. The summed E-state index contributed by atoms with van der Waals surface area (Å²) >= 11 is 0. The smallest absolute Gasteiger partial charge is 0.251 e. The zero-order chi connectivity index (χ0) is 17.1. The maximum absolute atomic E-state index is 13.2. The second-order valence-corrected chi connectivity index (χ2v) is 5.48. The first-order valence-corrected chi connectivity index (χ1v) is 7.56. The van der Waals surface area contributed by atoms with Crippen molar-refractivity contribution in [2.75, 3.05) is 20.8 Å². The van der Waals surface area contributed by atoms with Crippen molar-refractivity contribution in [1.82, 2.24) is 5.32 Å². The number of halogens is 1. The van der Waals surface area contributed by atoms with E-state index in [1.165, 1.54) is 26.4 Å². The van der Waals surface area contributed by atoms with E-state index in [0.29, 0.717) is 35.8 Å². The molecule has 2 aromatic rings. The minimum atomic E-state index is -0.285. The molecule has 1 aliphatic heterocycles. The SMILES string of the molecule is COc1ccc(C(=O)NC[C@@H]2Cc3cc(F)ccc3O2)cc1OC. The molecule has 1 atom stereocenters. The van der Waals surface area contributed by atoms with Gasteiger partial charge < -0.3 is 19.5 Å². The van der Waals surface area contributed by atoms with E-state index in [1.807, 2.05) is 0 Å². The van der Waals surface area contributed by atoms with Gasteiger partial charge in [-0.3, -0.25) is 4.79 Å². The molecular formula is C18H18FNO4. The van der Waals surface area contributed by atoms with Crippen LogP contribution in [0.3, 0.4) is 0 Å². The minimum absolute atomic E-state index is 0.203. The van der Waals surface area contributed by atoms with Crippen molar-refractivity contribution in [3.63, 3.8) is 0 Å². The van der Waals surface area contributed by atoms with Crippen molar-refractivity contribution in [2.45, 2.75) is 12.5 Å². The van der Waals surface area contributed by atoms with E-state index in [4.69, 9.17) is 14.2 Å². The molecule has 0 bridgehead atoms. The molecule has 0 radical (unpaired) electrons. The molecule has 1 N–H and O–H groups in total. The van der Waals surface area contributed by atoms with Gasteiger partial charge in [-0.2, -0.15) is 0 Å². The molecule has 0 fully saturated rings. The van der Waals surface area contributed by atoms with Crippen LogP contribution in [0, 0.1) is 5.82 Å². The van der Waals surface area contributed by atoms with Crippen LogP contribution in [0.15, 0.2) is 36.4 Å². The van der Waals surface area contributed by atoms with E-state index in [2.05, 4.69) is 5.32 Å². The molecule has 24 heavy (non-hydrogen) atoms. The normalized spacial score (nSPS) is 15.4. The average molecular weight is 331 g/mol. The molecule has 6 heteroatoms. The van der Waals surface area contributed by atoms with Gasteiger partial charge in [-0.25, -0.2) is 4.39 Å². The lowest BCUT2D eigenvalue weighted by Crippen LogP contribution is -2.34. The number of methoxy groups -OCH3 is 2. The predicted molar refractivity (Wildman–Crippen MR) is 86.4 cm³/mol. The van der Waals surface area contributed by atoms with Gasteiger partial charge in [0.1, 0.15) is 17.7 Å². The highest BCUT2D eigenvalue weighted by molar-refractivity contribution is 5.94. The Balaban J connectivity index is 1.61. The number of carbonyl (C=O) groups is 1. The molecule has 1 aliphatic rings. The minimum Gasteiger partial charge on any atom is -0.493 e. The fourth-order valence-electron chi connectivity index (χ4n) is 2.69. The summed E-state index contributed by atoms with van der Waals surface area (Å²) in [6.07, 6.45) is 0.366. The van der Waals surface area contributed by atoms with E-state index in [0.717, 1.165) is 5.56 Å². The maximum Gasteiger partial charge on any atom is 0.251 e. The Morgan fingerprint density at radius 3 is 2.75 bits per heavy atom. The summed E-state index contributed by atoms with van der Waals surface area (Å²) in [5.41, 5.74) is 1.29. The van der Waals surface area contributed by atoms with E-state index >= 15 is 0 Å².